The lowest BCUT2D eigenvalue weighted by Crippen LogP contribution is -2.14. The number of rotatable bonds is 2. The van der Waals surface area contributed by atoms with Gasteiger partial charge in [-0.05, 0) is 31.2 Å². The van der Waals surface area contributed by atoms with Crippen molar-refractivity contribution in [1.29, 1.82) is 5.26 Å². The molecule has 0 unspecified atom stereocenters. The SMILES string of the molecule is C/C(S)=C(/C#N)C(=O)Nc1ccc(C(F)(F)F)cc1. The number of nitriles is 1. The summed E-state index contributed by atoms with van der Waals surface area (Å²) in [5.41, 5.74) is -0.838. The Morgan fingerprint density at radius 3 is 2.21 bits per heavy atom. The molecule has 0 aliphatic rings. The van der Waals surface area contributed by atoms with Gasteiger partial charge in [-0.1, -0.05) is 0 Å². The molecule has 3 nitrogen and oxygen atoms in total. The molecule has 0 fully saturated rings. The molecule has 1 amide bonds. The van der Waals surface area contributed by atoms with E-state index in [9.17, 15) is 18.0 Å². The number of nitrogens with one attached hydrogen (secondary N) is 1. The van der Waals surface area contributed by atoms with Gasteiger partial charge in [0, 0.05) is 10.6 Å². The summed E-state index contributed by atoms with van der Waals surface area (Å²) in [5.74, 6) is -0.713. The van der Waals surface area contributed by atoms with Crippen LogP contribution in [0.15, 0.2) is 34.7 Å². The average Bonchev–Trinajstić information content (AvgIpc) is 2.28. The van der Waals surface area contributed by atoms with Crippen LogP contribution in [0.25, 0.3) is 0 Å². The molecule has 1 rings (SSSR count). The van der Waals surface area contributed by atoms with E-state index in [0.29, 0.717) is 0 Å². The first-order chi connectivity index (χ1) is 8.75. The molecular weight excluding hydrogens is 277 g/mol. The van der Waals surface area contributed by atoms with Crippen LogP contribution in [-0.4, -0.2) is 5.91 Å². The molecule has 100 valence electrons. The first-order valence-electron chi connectivity index (χ1n) is 5.04. The van der Waals surface area contributed by atoms with Crippen LogP contribution in [0.2, 0.25) is 0 Å². The number of thiol groups is 1. The predicted octanol–water partition coefficient (Wildman–Crippen LogP) is 3.37. The zero-order chi connectivity index (χ0) is 14.6. The number of anilines is 1. The van der Waals surface area contributed by atoms with Gasteiger partial charge >= 0.3 is 6.18 Å². The van der Waals surface area contributed by atoms with Gasteiger partial charge in [-0.25, -0.2) is 0 Å². The summed E-state index contributed by atoms with van der Waals surface area (Å²) in [7, 11) is 0. The van der Waals surface area contributed by atoms with E-state index in [2.05, 4.69) is 17.9 Å². The normalized spacial score (nSPS) is 12.4. The van der Waals surface area contributed by atoms with Crippen molar-refractivity contribution in [2.24, 2.45) is 0 Å². The highest BCUT2D eigenvalue weighted by Crippen LogP contribution is 2.29. The smallest absolute Gasteiger partial charge is 0.321 e. The van der Waals surface area contributed by atoms with Crippen molar-refractivity contribution in [3.8, 4) is 6.07 Å². The van der Waals surface area contributed by atoms with E-state index in [1.165, 1.54) is 6.92 Å². The molecule has 1 aromatic carbocycles. The van der Waals surface area contributed by atoms with Crippen LogP contribution >= 0.6 is 12.6 Å². The van der Waals surface area contributed by atoms with Crippen molar-refractivity contribution in [3.63, 3.8) is 0 Å². The van der Waals surface area contributed by atoms with Gasteiger partial charge in [0.05, 0.1) is 5.56 Å². The van der Waals surface area contributed by atoms with Gasteiger partial charge in [0.2, 0.25) is 0 Å². The molecular formula is C12H9F3N2OS. The topological polar surface area (TPSA) is 52.9 Å². The largest absolute Gasteiger partial charge is 0.416 e. The van der Waals surface area contributed by atoms with Crippen LogP contribution in [0.1, 0.15) is 12.5 Å². The molecule has 0 aromatic heterocycles. The highest BCUT2D eigenvalue weighted by molar-refractivity contribution is 7.84. The van der Waals surface area contributed by atoms with Gasteiger partial charge in [-0.2, -0.15) is 18.4 Å². The molecule has 0 atom stereocenters. The number of amides is 1. The fraction of sp³-hybridized carbons (Fsp3) is 0.167. The lowest BCUT2D eigenvalue weighted by molar-refractivity contribution is -0.137. The summed E-state index contributed by atoms with van der Waals surface area (Å²) in [6.07, 6.45) is -4.43. The van der Waals surface area contributed by atoms with Crippen LogP contribution < -0.4 is 5.32 Å². The molecule has 0 heterocycles. The van der Waals surface area contributed by atoms with Crippen LogP contribution in [0.4, 0.5) is 18.9 Å². The zero-order valence-electron chi connectivity index (χ0n) is 9.75. The van der Waals surface area contributed by atoms with Crippen LogP contribution in [0, 0.1) is 11.3 Å². The van der Waals surface area contributed by atoms with Crippen LogP contribution in [0.5, 0.6) is 0 Å². The number of hydrogen-bond donors (Lipinski definition) is 2. The fourth-order valence-corrected chi connectivity index (χ4v) is 1.38. The lowest BCUT2D eigenvalue weighted by Gasteiger charge is -2.08. The molecule has 0 saturated heterocycles. The van der Waals surface area contributed by atoms with Crippen LogP contribution in [0.3, 0.4) is 0 Å². The standard InChI is InChI=1S/C12H9F3N2OS/c1-7(19)10(6-16)11(18)17-9-4-2-8(3-5-9)12(13,14)15/h2-5,19H,1H3,(H,17,18)/b10-7+. The Bertz CT molecular complexity index is 552. The molecule has 0 radical (unpaired) electrons. The summed E-state index contributed by atoms with van der Waals surface area (Å²) in [5, 5.41) is 11.0. The van der Waals surface area contributed by atoms with E-state index in [0.717, 1.165) is 24.3 Å². The molecule has 0 aliphatic carbocycles. The van der Waals surface area contributed by atoms with Crippen molar-refractivity contribution in [3.05, 3.63) is 40.3 Å². The quantitative estimate of drug-likeness (QED) is 0.497. The maximum absolute atomic E-state index is 12.3. The minimum atomic E-state index is -4.43. The second-order valence-electron chi connectivity index (χ2n) is 3.60. The maximum Gasteiger partial charge on any atom is 0.416 e. The van der Waals surface area contributed by atoms with Crippen molar-refractivity contribution in [2.75, 3.05) is 5.32 Å². The zero-order valence-corrected chi connectivity index (χ0v) is 10.6. The Labute approximate surface area is 113 Å². The van der Waals surface area contributed by atoms with E-state index in [1.807, 2.05) is 0 Å². The molecule has 0 saturated carbocycles. The molecule has 0 aliphatic heterocycles. The number of hydrogen-bond acceptors (Lipinski definition) is 3. The summed E-state index contributed by atoms with van der Waals surface area (Å²) >= 11 is 3.88. The summed E-state index contributed by atoms with van der Waals surface area (Å²) < 4.78 is 37.0. The van der Waals surface area contributed by atoms with Gasteiger partial charge < -0.3 is 5.32 Å². The lowest BCUT2D eigenvalue weighted by atomic mass is 10.2. The molecule has 7 heteroatoms. The summed E-state index contributed by atoms with van der Waals surface area (Å²) in [6, 6.07) is 5.59. The molecule has 0 bridgehead atoms. The molecule has 0 spiro atoms. The third-order valence-electron chi connectivity index (χ3n) is 2.17. The Kier molecular flexibility index (Phi) is 4.62. The number of allylic oxidation sites excluding steroid dienone is 1. The molecule has 1 N–H and O–H groups in total. The highest BCUT2D eigenvalue weighted by Gasteiger charge is 2.30. The Morgan fingerprint density at radius 2 is 1.84 bits per heavy atom. The number of nitrogens with zero attached hydrogens (tertiary/aromatic N) is 1. The third-order valence-corrected chi connectivity index (χ3v) is 2.39. The Morgan fingerprint density at radius 1 is 1.32 bits per heavy atom. The van der Waals surface area contributed by atoms with E-state index in [4.69, 9.17) is 5.26 Å². The van der Waals surface area contributed by atoms with Crippen LogP contribution in [-0.2, 0) is 11.0 Å². The summed E-state index contributed by atoms with van der Waals surface area (Å²) in [6.45, 7) is 1.47. The number of carbonyl (C=O) groups excluding carboxylic acids is 1. The molecule has 19 heavy (non-hydrogen) atoms. The summed E-state index contributed by atoms with van der Waals surface area (Å²) in [4.78, 5) is 11.8. The van der Waals surface area contributed by atoms with Crippen molar-refractivity contribution < 1.29 is 18.0 Å². The maximum atomic E-state index is 12.3. The van der Waals surface area contributed by atoms with E-state index in [1.54, 1.807) is 6.07 Å². The van der Waals surface area contributed by atoms with Crippen molar-refractivity contribution >= 4 is 24.2 Å². The van der Waals surface area contributed by atoms with Gasteiger partial charge in [-0.3, -0.25) is 4.79 Å². The van der Waals surface area contributed by atoms with Crippen molar-refractivity contribution in [1.82, 2.24) is 0 Å². The van der Waals surface area contributed by atoms with E-state index in [-0.39, 0.29) is 16.2 Å². The number of alkyl halides is 3. The highest BCUT2D eigenvalue weighted by atomic mass is 32.1. The van der Waals surface area contributed by atoms with Gasteiger partial charge in [0.25, 0.3) is 5.91 Å². The van der Waals surface area contributed by atoms with Gasteiger partial charge in [-0.15, -0.1) is 12.6 Å². The van der Waals surface area contributed by atoms with Crippen molar-refractivity contribution in [2.45, 2.75) is 13.1 Å². The fourth-order valence-electron chi connectivity index (χ4n) is 1.23. The number of carbonyl (C=O) groups is 1. The number of benzene rings is 1. The monoisotopic (exact) mass is 286 g/mol. The minimum Gasteiger partial charge on any atom is -0.321 e. The second-order valence-corrected chi connectivity index (χ2v) is 4.27. The first-order valence-corrected chi connectivity index (χ1v) is 5.49. The number of halogens is 3. The van der Waals surface area contributed by atoms with Gasteiger partial charge in [0.15, 0.2) is 0 Å². The average molecular weight is 286 g/mol. The predicted molar refractivity (Wildman–Crippen MR) is 67.4 cm³/mol. The van der Waals surface area contributed by atoms with Gasteiger partial charge in [0.1, 0.15) is 11.6 Å². The first kappa shape index (κ1) is 15.1. The molecule has 1 aromatic rings. The second kappa shape index (κ2) is 5.80. The Balaban J connectivity index is 2.89. The minimum absolute atomic E-state index is 0.167. The van der Waals surface area contributed by atoms with E-state index < -0.39 is 17.6 Å². The van der Waals surface area contributed by atoms with E-state index >= 15 is 0 Å². The third kappa shape index (κ3) is 4.03. The Hall–Kier alpha value is -1.94.